The van der Waals surface area contributed by atoms with Crippen LogP contribution in [-0.4, -0.2) is 39.8 Å². The average molecular weight is 319 g/mol. The van der Waals surface area contributed by atoms with Crippen LogP contribution in [0.15, 0.2) is 36.0 Å². The molecule has 0 saturated carbocycles. The monoisotopic (exact) mass is 319 g/mol. The van der Waals surface area contributed by atoms with Crippen LogP contribution in [0.2, 0.25) is 0 Å². The summed E-state index contributed by atoms with van der Waals surface area (Å²) in [5, 5.41) is 6.23. The third kappa shape index (κ3) is 3.56. The van der Waals surface area contributed by atoms with Crippen molar-refractivity contribution in [3.05, 3.63) is 40.8 Å². The van der Waals surface area contributed by atoms with Crippen molar-refractivity contribution >= 4 is 17.2 Å². The van der Waals surface area contributed by atoms with Gasteiger partial charge >= 0.3 is 0 Å². The molecule has 1 aliphatic heterocycles. The van der Waals surface area contributed by atoms with Crippen LogP contribution in [0.3, 0.4) is 0 Å². The maximum atomic E-state index is 12.9. The molecule has 2 unspecified atom stereocenters. The molecule has 1 aliphatic rings. The zero-order valence-corrected chi connectivity index (χ0v) is 13.5. The summed E-state index contributed by atoms with van der Waals surface area (Å²) in [6.07, 6.45) is 5.81. The number of nitrogens with zero attached hydrogens (tertiary/aromatic N) is 3. The number of hydrogen-bond donors (Lipinski definition) is 0. The third-order valence-corrected chi connectivity index (χ3v) is 4.83. The highest BCUT2D eigenvalue weighted by Gasteiger charge is 2.27. The molecular weight excluding hydrogens is 298 g/mol. The quantitative estimate of drug-likeness (QED) is 0.822. The molecule has 0 aliphatic carbocycles. The second kappa shape index (κ2) is 7.07. The molecule has 2 aromatic heterocycles. The summed E-state index contributed by atoms with van der Waals surface area (Å²) < 4.78 is 7.42. The van der Waals surface area contributed by atoms with Gasteiger partial charge < -0.3 is 9.64 Å². The van der Waals surface area contributed by atoms with Gasteiger partial charge in [-0.05, 0) is 37.3 Å². The topological polar surface area (TPSA) is 47.4 Å². The summed E-state index contributed by atoms with van der Waals surface area (Å²) in [7, 11) is 0. The highest BCUT2D eigenvalue weighted by atomic mass is 32.1. The highest BCUT2D eigenvalue weighted by molar-refractivity contribution is 7.09. The Morgan fingerprint density at radius 1 is 1.59 bits per heavy atom. The maximum absolute atomic E-state index is 12.9. The molecule has 0 aromatic carbocycles. The van der Waals surface area contributed by atoms with Crippen LogP contribution in [0.5, 0.6) is 0 Å². The number of carbonyl (C=O) groups is 1. The van der Waals surface area contributed by atoms with Crippen LogP contribution < -0.4 is 0 Å². The second-order valence-corrected chi connectivity index (χ2v) is 6.63. The first-order chi connectivity index (χ1) is 10.7. The minimum Gasteiger partial charge on any atom is -0.376 e. The highest BCUT2D eigenvalue weighted by Crippen LogP contribution is 2.20. The van der Waals surface area contributed by atoms with Gasteiger partial charge in [0, 0.05) is 30.4 Å². The van der Waals surface area contributed by atoms with Crippen molar-refractivity contribution in [1.82, 2.24) is 14.7 Å². The predicted octanol–water partition coefficient (Wildman–Crippen LogP) is 2.71. The van der Waals surface area contributed by atoms with Gasteiger partial charge in [0.1, 0.15) is 6.04 Å². The third-order valence-electron chi connectivity index (χ3n) is 3.97. The van der Waals surface area contributed by atoms with Crippen molar-refractivity contribution in [2.24, 2.45) is 0 Å². The molecule has 0 radical (unpaired) electrons. The second-order valence-electron chi connectivity index (χ2n) is 5.60. The van der Waals surface area contributed by atoms with Crippen molar-refractivity contribution in [1.29, 1.82) is 0 Å². The van der Waals surface area contributed by atoms with E-state index in [0.29, 0.717) is 13.1 Å². The summed E-state index contributed by atoms with van der Waals surface area (Å²) in [4.78, 5) is 16.0. The van der Waals surface area contributed by atoms with Gasteiger partial charge in [-0.2, -0.15) is 5.10 Å². The minimum atomic E-state index is -0.295. The number of rotatable bonds is 6. The van der Waals surface area contributed by atoms with E-state index in [2.05, 4.69) is 11.2 Å². The lowest BCUT2D eigenvalue weighted by Crippen LogP contribution is -2.40. The Bertz CT molecular complexity index is 577. The van der Waals surface area contributed by atoms with Gasteiger partial charge in [0.15, 0.2) is 0 Å². The fourth-order valence-corrected chi connectivity index (χ4v) is 3.46. The molecule has 22 heavy (non-hydrogen) atoms. The molecule has 3 rings (SSSR count). The molecule has 6 heteroatoms. The molecule has 0 bridgehead atoms. The molecule has 1 amide bonds. The Morgan fingerprint density at radius 2 is 2.50 bits per heavy atom. The number of thiophene rings is 1. The molecular formula is C16H21N3O2S. The summed E-state index contributed by atoms with van der Waals surface area (Å²) in [5.41, 5.74) is 0. The molecule has 1 fully saturated rings. The lowest BCUT2D eigenvalue weighted by Gasteiger charge is -2.27. The zero-order chi connectivity index (χ0) is 15.4. The van der Waals surface area contributed by atoms with Crippen molar-refractivity contribution < 1.29 is 9.53 Å². The van der Waals surface area contributed by atoms with E-state index in [0.717, 1.165) is 19.4 Å². The van der Waals surface area contributed by atoms with Crippen LogP contribution in [0.1, 0.15) is 30.7 Å². The normalized spacial score (nSPS) is 19.2. The van der Waals surface area contributed by atoms with Crippen molar-refractivity contribution in [2.45, 2.75) is 38.5 Å². The lowest BCUT2D eigenvalue weighted by atomic mass is 10.2. The van der Waals surface area contributed by atoms with Crippen molar-refractivity contribution in [3.63, 3.8) is 0 Å². The molecule has 0 spiro atoms. The number of hydrogen-bond acceptors (Lipinski definition) is 4. The summed E-state index contributed by atoms with van der Waals surface area (Å²) >= 11 is 1.68. The van der Waals surface area contributed by atoms with E-state index in [1.165, 1.54) is 4.88 Å². The van der Waals surface area contributed by atoms with Crippen LogP contribution in [-0.2, 0) is 16.1 Å². The summed E-state index contributed by atoms with van der Waals surface area (Å²) in [6.45, 7) is 4.00. The fourth-order valence-electron chi connectivity index (χ4n) is 2.74. The van der Waals surface area contributed by atoms with Gasteiger partial charge in [0.25, 0.3) is 0 Å². The van der Waals surface area contributed by atoms with Crippen LogP contribution in [0, 0.1) is 0 Å². The molecule has 118 valence electrons. The van der Waals surface area contributed by atoms with E-state index in [1.807, 2.05) is 35.5 Å². The van der Waals surface area contributed by atoms with Crippen LogP contribution in [0.4, 0.5) is 0 Å². The van der Waals surface area contributed by atoms with E-state index < -0.39 is 0 Å². The first-order valence-corrected chi connectivity index (χ1v) is 8.54. The first kappa shape index (κ1) is 15.2. The molecule has 0 N–H and O–H groups in total. The smallest absolute Gasteiger partial charge is 0.247 e. The van der Waals surface area contributed by atoms with Gasteiger partial charge in [-0.3, -0.25) is 9.48 Å². The lowest BCUT2D eigenvalue weighted by molar-refractivity contribution is -0.136. The van der Waals surface area contributed by atoms with E-state index in [1.54, 1.807) is 22.2 Å². The SMILES string of the molecule is CC(C(=O)N(Cc1cccs1)CC1CCCO1)n1cccn1. The Kier molecular flexibility index (Phi) is 4.90. The molecule has 2 atom stereocenters. The van der Waals surface area contributed by atoms with Crippen molar-refractivity contribution in [2.75, 3.05) is 13.2 Å². The van der Waals surface area contributed by atoms with Gasteiger partial charge in [-0.25, -0.2) is 0 Å². The van der Waals surface area contributed by atoms with Gasteiger partial charge in [0.05, 0.1) is 12.6 Å². The maximum Gasteiger partial charge on any atom is 0.247 e. The van der Waals surface area contributed by atoms with Gasteiger partial charge in [-0.15, -0.1) is 11.3 Å². The Morgan fingerprint density at radius 3 is 3.14 bits per heavy atom. The van der Waals surface area contributed by atoms with Crippen LogP contribution in [0.25, 0.3) is 0 Å². The number of aromatic nitrogens is 2. The Labute approximate surface area is 134 Å². The Balaban J connectivity index is 1.72. The van der Waals surface area contributed by atoms with Gasteiger partial charge in [0.2, 0.25) is 5.91 Å². The van der Waals surface area contributed by atoms with E-state index in [-0.39, 0.29) is 18.1 Å². The minimum absolute atomic E-state index is 0.0904. The molecule has 3 heterocycles. The summed E-state index contributed by atoms with van der Waals surface area (Å²) in [5.74, 6) is 0.0904. The van der Waals surface area contributed by atoms with Crippen LogP contribution >= 0.6 is 11.3 Å². The van der Waals surface area contributed by atoms with Crippen molar-refractivity contribution in [3.8, 4) is 0 Å². The van der Waals surface area contributed by atoms with E-state index in [9.17, 15) is 4.79 Å². The number of ether oxygens (including phenoxy) is 1. The Hall–Kier alpha value is -1.66. The molecule has 5 nitrogen and oxygen atoms in total. The standard InChI is InChI=1S/C16H21N3O2S/c1-13(19-8-4-7-17-19)16(20)18(11-14-5-2-9-21-14)12-15-6-3-10-22-15/h3-4,6-8,10,13-14H,2,5,9,11-12H2,1H3. The average Bonchev–Trinajstić information content (AvgIpc) is 3.27. The zero-order valence-electron chi connectivity index (χ0n) is 12.7. The van der Waals surface area contributed by atoms with E-state index in [4.69, 9.17) is 4.74 Å². The summed E-state index contributed by atoms with van der Waals surface area (Å²) in [6, 6.07) is 5.63. The number of amides is 1. The largest absolute Gasteiger partial charge is 0.376 e. The number of carbonyl (C=O) groups excluding carboxylic acids is 1. The molecule has 2 aromatic rings. The fraction of sp³-hybridized carbons (Fsp3) is 0.500. The predicted molar refractivity (Wildman–Crippen MR) is 85.6 cm³/mol. The van der Waals surface area contributed by atoms with E-state index >= 15 is 0 Å². The van der Waals surface area contributed by atoms with Gasteiger partial charge in [-0.1, -0.05) is 6.07 Å². The first-order valence-electron chi connectivity index (χ1n) is 7.66. The molecule has 1 saturated heterocycles.